The number of nitrogens with zero attached hydrogens (tertiary/aromatic N) is 4. The van der Waals surface area contributed by atoms with Crippen LogP contribution in [0.3, 0.4) is 0 Å². The van der Waals surface area contributed by atoms with E-state index in [1.54, 1.807) is 23.6 Å². The van der Waals surface area contributed by atoms with E-state index < -0.39 is 10.0 Å². The number of hydrogen-bond donors (Lipinski definition) is 0. The molecule has 3 heterocycles. The molecule has 0 spiro atoms. The highest BCUT2D eigenvalue weighted by Gasteiger charge is 2.29. The first-order valence-electron chi connectivity index (χ1n) is 11.2. The summed E-state index contributed by atoms with van der Waals surface area (Å²) in [6, 6.07) is 9.84. The predicted molar refractivity (Wildman–Crippen MR) is 123 cm³/mol. The van der Waals surface area contributed by atoms with Crippen LogP contribution in [0.4, 0.5) is 5.69 Å². The van der Waals surface area contributed by atoms with Gasteiger partial charge in [-0.25, -0.2) is 8.42 Å². The average Bonchev–Trinajstić information content (AvgIpc) is 3.22. The van der Waals surface area contributed by atoms with Gasteiger partial charge in [0.15, 0.2) is 0 Å². The molecule has 9 heteroatoms. The minimum atomic E-state index is -3.64. The van der Waals surface area contributed by atoms with Gasteiger partial charge in [-0.3, -0.25) is 4.79 Å². The first-order valence-corrected chi connectivity index (χ1v) is 12.6. The summed E-state index contributed by atoms with van der Waals surface area (Å²) in [6.07, 6.45) is 5.28. The van der Waals surface area contributed by atoms with Crippen LogP contribution in [-0.4, -0.2) is 74.5 Å². The second kappa shape index (κ2) is 9.64. The number of morpholine rings is 1. The van der Waals surface area contributed by atoms with E-state index in [-0.39, 0.29) is 10.8 Å². The number of benzene rings is 1. The number of aromatic nitrogens is 1. The highest BCUT2D eigenvalue weighted by Crippen LogP contribution is 2.22. The summed E-state index contributed by atoms with van der Waals surface area (Å²) >= 11 is 0. The Balaban J connectivity index is 1.43. The van der Waals surface area contributed by atoms with Crippen LogP contribution in [-0.2, 0) is 28.4 Å². The van der Waals surface area contributed by atoms with Crippen LogP contribution in [0.25, 0.3) is 0 Å². The minimum absolute atomic E-state index is 0.143. The summed E-state index contributed by atoms with van der Waals surface area (Å²) < 4.78 is 34.1. The topological polar surface area (TPSA) is 75.1 Å². The maximum atomic E-state index is 13.1. The molecule has 174 valence electrons. The van der Waals surface area contributed by atoms with Gasteiger partial charge in [0.25, 0.3) is 5.91 Å². The molecule has 0 radical (unpaired) electrons. The third kappa shape index (κ3) is 4.84. The molecule has 2 aliphatic rings. The van der Waals surface area contributed by atoms with Gasteiger partial charge in [-0.15, -0.1) is 0 Å². The highest BCUT2D eigenvalue weighted by molar-refractivity contribution is 7.89. The van der Waals surface area contributed by atoms with Crippen molar-refractivity contribution in [2.45, 2.75) is 30.7 Å². The third-order valence-corrected chi connectivity index (χ3v) is 8.09. The van der Waals surface area contributed by atoms with E-state index in [4.69, 9.17) is 4.74 Å². The van der Waals surface area contributed by atoms with E-state index >= 15 is 0 Å². The number of sulfonamides is 1. The van der Waals surface area contributed by atoms with Gasteiger partial charge in [0.2, 0.25) is 10.0 Å². The van der Waals surface area contributed by atoms with Gasteiger partial charge in [0.05, 0.1) is 13.2 Å². The second-order valence-electron chi connectivity index (χ2n) is 8.56. The fourth-order valence-corrected chi connectivity index (χ4v) is 5.81. The van der Waals surface area contributed by atoms with E-state index in [0.29, 0.717) is 38.5 Å². The van der Waals surface area contributed by atoms with E-state index in [2.05, 4.69) is 29.2 Å². The van der Waals surface area contributed by atoms with Gasteiger partial charge in [-0.05, 0) is 43.0 Å². The van der Waals surface area contributed by atoms with Crippen LogP contribution in [0.2, 0.25) is 0 Å². The number of anilines is 1. The molecule has 1 aromatic heterocycles. The summed E-state index contributed by atoms with van der Waals surface area (Å²) in [5.41, 5.74) is 2.61. The van der Waals surface area contributed by atoms with Gasteiger partial charge in [-0.2, -0.15) is 4.31 Å². The molecule has 0 unspecified atom stereocenters. The number of hydrogen-bond acceptors (Lipinski definition) is 5. The van der Waals surface area contributed by atoms with Crippen molar-refractivity contribution in [2.24, 2.45) is 7.05 Å². The third-order valence-electron chi connectivity index (χ3n) is 6.23. The van der Waals surface area contributed by atoms with Gasteiger partial charge in [0.1, 0.15) is 10.6 Å². The number of rotatable bonds is 6. The van der Waals surface area contributed by atoms with Crippen LogP contribution in [0.15, 0.2) is 41.4 Å². The zero-order valence-electron chi connectivity index (χ0n) is 18.9. The lowest BCUT2D eigenvalue weighted by Crippen LogP contribution is -2.40. The smallest absolute Gasteiger partial charge is 0.270 e. The van der Waals surface area contributed by atoms with Gasteiger partial charge in [0, 0.05) is 58.7 Å². The number of carbonyl (C=O) groups excluding carboxylic acids is 1. The fraction of sp³-hybridized carbons (Fsp3) is 0.522. The zero-order valence-corrected chi connectivity index (χ0v) is 19.7. The molecule has 1 aromatic carbocycles. The SMILES string of the molecule is CN(Cc1ccc(N2CCCCC2)cc1)C(=O)c1cc(S(=O)(=O)N2CCOCC2)cn1C. The molecule has 0 saturated carbocycles. The lowest BCUT2D eigenvalue weighted by atomic mass is 10.1. The molecule has 8 nitrogen and oxygen atoms in total. The summed E-state index contributed by atoms with van der Waals surface area (Å²) in [4.78, 5) is 17.2. The summed E-state index contributed by atoms with van der Waals surface area (Å²) in [5, 5.41) is 0. The van der Waals surface area contributed by atoms with Crippen LogP contribution >= 0.6 is 0 Å². The Kier molecular flexibility index (Phi) is 6.88. The van der Waals surface area contributed by atoms with Gasteiger partial charge >= 0.3 is 0 Å². The van der Waals surface area contributed by atoms with Crippen molar-refractivity contribution in [3.8, 4) is 0 Å². The molecular weight excluding hydrogens is 428 g/mol. The lowest BCUT2D eigenvalue weighted by Gasteiger charge is -2.29. The van der Waals surface area contributed by atoms with Crippen LogP contribution in [0, 0.1) is 0 Å². The minimum Gasteiger partial charge on any atom is -0.379 e. The molecule has 32 heavy (non-hydrogen) atoms. The van der Waals surface area contributed by atoms with Crippen molar-refractivity contribution in [3.63, 3.8) is 0 Å². The van der Waals surface area contributed by atoms with Gasteiger partial charge in [-0.1, -0.05) is 12.1 Å². The quantitative estimate of drug-likeness (QED) is 0.661. The van der Waals surface area contributed by atoms with Crippen molar-refractivity contribution in [3.05, 3.63) is 47.8 Å². The van der Waals surface area contributed by atoms with E-state index in [1.807, 2.05) is 0 Å². The molecule has 4 rings (SSSR count). The molecule has 0 bridgehead atoms. The summed E-state index contributed by atoms with van der Waals surface area (Å²) in [7, 11) is -0.199. The average molecular weight is 461 g/mol. The Morgan fingerprint density at radius 2 is 1.69 bits per heavy atom. The number of amides is 1. The fourth-order valence-electron chi connectivity index (χ4n) is 4.33. The molecule has 1 amide bonds. The molecule has 2 fully saturated rings. The number of carbonyl (C=O) groups is 1. The normalized spacial score (nSPS) is 18.0. The van der Waals surface area contributed by atoms with E-state index in [9.17, 15) is 13.2 Å². The molecular formula is C23H32N4O4S. The first-order chi connectivity index (χ1) is 15.4. The Morgan fingerprint density at radius 3 is 2.34 bits per heavy atom. The molecule has 2 aromatic rings. The zero-order chi connectivity index (χ0) is 22.7. The second-order valence-corrected chi connectivity index (χ2v) is 10.5. The highest BCUT2D eigenvalue weighted by atomic mass is 32.2. The predicted octanol–water partition coefficient (Wildman–Crippen LogP) is 2.31. The first kappa shape index (κ1) is 22.8. The number of piperidine rings is 1. The number of aryl methyl sites for hydroxylation is 1. The molecule has 2 aliphatic heterocycles. The Hall–Kier alpha value is -2.36. The molecule has 0 N–H and O–H groups in total. The van der Waals surface area contributed by atoms with Crippen molar-refractivity contribution >= 4 is 21.6 Å². The Labute approximate surface area is 190 Å². The Morgan fingerprint density at radius 1 is 1.03 bits per heavy atom. The van der Waals surface area contributed by atoms with Gasteiger partial charge < -0.3 is 19.1 Å². The monoisotopic (exact) mass is 460 g/mol. The molecule has 0 aliphatic carbocycles. The number of ether oxygens (including phenoxy) is 1. The maximum Gasteiger partial charge on any atom is 0.270 e. The van der Waals surface area contributed by atoms with Crippen LogP contribution < -0.4 is 4.90 Å². The molecule has 0 atom stereocenters. The lowest BCUT2D eigenvalue weighted by molar-refractivity contribution is 0.0730. The Bertz CT molecular complexity index is 1040. The standard InChI is InChI=1S/C23H32N4O4S/c1-24-18-21(32(29,30)27-12-14-31-15-13-27)16-22(24)23(28)25(2)17-19-6-8-20(9-7-19)26-10-4-3-5-11-26/h6-9,16,18H,3-5,10-15,17H2,1-2H3. The van der Waals surface area contributed by atoms with Crippen molar-refractivity contribution in [1.82, 2.24) is 13.8 Å². The molecule has 2 saturated heterocycles. The maximum absolute atomic E-state index is 13.1. The summed E-state index contributed by atoms with van der Waals surface area (Å²) in [6.45, 7) is 4.08. The van der Waals surface area contributed by atoms with E-state index in [1.165, 1.54) is 41.5 Å². The van der Waals surface area contributed by atoms with Crippen molar-refractivity contribution < 1.29 is 17.9 Å². The van der Waals surface area contributed by atoms with Crippen LogP contribution in [0.1, 0.15) is 35.3 Å². The van der Waals surface area contributed by atoms with Crippen molar-refractivity contribution in [2.75, 3.05) is 51.3 Å². The van der Waals surface area contributed by atoms with Crippen LogP contribution in [0.5, 0.6) is 0 Å². The van der Waals surface area contributed by atoms with Crippen molar-refractivity contribution in [1.29, 1.82) is 0 Å². The van der Waals surface area contributed by atoms with E-state index in [0.717, 1.165) is 18.7 Å². The largest absolute Gasteiger partial charge is 0.379 e. The summed E-state index contributed by atoms with van der Waals surface area (Å²) in [5.74, 6) is -0.212.